The summed E-state index contributed by atoms with van der Waals surface area (Å²) in [6.07, 6.45) is 0.638. The van der Waals surface area contributed by atoms with E-state index in [2.05, 4.69) is 31.5 Å². The van der Waals surface area contributed by atoms with E-state index in [1.54, 1.807) is 17.5 Å². The molecule has 1 aromatic heterocycles. The van der Waals surface area contributed by atoms with Gasteiger partial charge in [0.05, 0.1) is 0 Å². The molecule has 0 aliphatic carbocycles. The Morgan fingerprint density at radius 2 is 1.96 bits per heavy atom. The molecule has 0 spiro atoms. The van der Waals surface area contributed by atoms with Gasteiger partial charge in [0.1, 0.15) is 10.7 Å². The zero-order chi connectivity index (χ0) is 16.7. The lowest BCUT2D eigenvalue weighted by Crippen LogP contribution is -2.30. The summed E-state index contributed by atoms with van der Waals surface area (Å²) >= 11 is 4.69. The molecule has 0 saturated carbocycles. The van der Waals surface area contributed by atoms with Crippen LogP contribution in [0, 0.1) is 0 Å². The van der Waals surface area contributed by atoms with E-state index in [4.69, 9.17) is 5.73 Å². The molecule has 0 aliphatic heterocycles. The molecule has 23 heavy (non-hydrogen) atoms. The second-order valence-electron chi connectivity index (χ2n) is 4.71. The summed E-state index contributed by atoms with van der Waals surface area (Å²) in [6, 6.07) is 7.18. The first-order valence-corrected chi connectivity index (χ1v) is 8.74. The van der Waals surface area contributed by atoms with Gasteiger partial charge in [-0.2, -0.15) is 0 Å². The zero-order valence-electron chi connectivity index (χ0n) is 12.3. The van der Waals surface area contributed by atoms with Gasteiger partial charge in [-0.1, -0.05) is 22.0 Å². The molecule has 0 unspecified atom stereocenters. The van der Waals surface area contributed by atoms with Crippen LogP contribution in [0.15, 0.2) is 34.1 Å². The number of nitrogens with zero attached hydrogens (tertiary/aromatic N) is 1. The van der Waals surface area contributed by atoms with Crippen LogP contribution in [0.1, 0.15) is 32.3 Å². The molecule has 0 saturated heterocycles. The Kier molecular flexibility index (Phi) is 6.69. The lowest BCUT2D eigenvalue weighted by atomic mass is 10.2. The van der Waals surface area contributed by atoms with Gasteiger partial charge in [0.25, 0.3) is 11.8 Å². The van der Waals surface area contributed by atoms with Crippen molar-refractivity contribution in [2.45, 2.75) is 13.0 Å². The smallest absolute Gasteiger partial charge is 0.270 e. The molecule has 6 nitrogen and oxygen atoms in total. The highest BCUT2D eigenvalue weighted by Gasteiger charge is 2.09. The molecule has 4 N–H and O–H groups in total. The number of nitrogens with one attached hydrogen (secondary N) is 2. The minimum Gasteiger partial charge on any atom is -0.352 e. The second-order valence-corrected chi connectivity index (χ2v) is 6.56. The van der Waals surface area contributed by atoms with Crippen LogP contribution in [-0.2, 0) is 6.54 Å². The van der Waals surface area contributed by atoms with Crippen molar-refractivity contribution >= 4 is 39.1 Å². The fraction of sp³-hybridized carbons (Fsp3) is 0.267. The van der Waals surface area contributed by atoms with E-state index in [1.165, 1.54) is 11.3 Å². The summed E-state index contributed by atoms with van der Waals surface area (Å²) in [5.41, 5.74) is 6.44. The number of halogens is 1. The molecular weight excluding hydrogens is 380 g/mol. The van der Waals surface area contributed by atoms with Crippen LogP contribution in [0.2, 0.25) is 0 Å². The van der Waals surface area contributed by atoms with E-state index >= 15 is 0 Å². The van der Waals surface area contributed by atoms with Crippen molar-refractivity contribution in [2.75, 3.05) is 13.1 Å². The fourth-order valence-electron chi connectivity index (χ4n) is 1.82. The van der Waals surface area contributed by atoms with Gasteiger partial charge in [0.15, 0.2) is 0 Å². The summed E-state index contributed by atoms with van der Waals surface area (Å²) < 4.78 is 0.859. The molecule has 0 atom stereocenters. The van der Waals surface area contributed by atoms with Crippen molar-refractivity contribution < 1.29 is 9.59 Å². The first-order valence-electron chi connectivity index (χ1n) is 7.06. The molecule has 0 radical (unpaired) electrons. The van der Waals surface area contributed by atoms with E-state index in [1.807, 2.05) is 12.1 Å². The van der Waals surface area contributed by atoms with Gasteiger partial charge in [-0.25, -0.2) is 4.98 Å². The maximum Gasteiger partial charge on any atom is 0.270 e. The van der Waals surface area contributed by atoms with E-state index in [0.29, 0.717) is 37.3 Å². The predicted octanol–water partition coefficient (Wildman–Crippen LogP) is 1.91. The monoisotopic (exact) mass is 396 g/mol. The lowest BCUT2D eigenvalue weighted by molar-refractivity contribution is 0.0948. The third-order valence-electron chi connectivity index (χ3n) is 2.97. The predicted molar refractivity (Wildman–Crippen MR) is 93.4 cm³/mol. The Balaban J connectivity index is 1.67. The van der Waals surface area contributed by atoms with Crippen LogP contribution in [0.5, 0.6) is 0 Å². The minimum atomic E-state index is -0.223. The molecule has 122 valence electrons. The van der Waals surface area contributed by atoms with E-state index in [0.717, 1.165) is 9.48 Å². The van der Waals surface area contributed by atoms with Gasteiger partial charge in [0, 0.05) is 35.1 Å². The average molecular weight is 397 g/mol. The van der Waals surface area contributed by atoms with Gasteiger partial charge in [0.2, 0.25) is 0 Å². The third-order valence-corrected chi connectivity index (χ3v) is 4.33. The Morgan fingerprint density at radius 1 is 1.22 bits per heavy atom. The summed E-state index contributed by atoms with van der Waals surface area (Å²) in [5.74, 6) is -0.357. The second kappa shape index (κ2) is 8.76. The number of benzene rings is 1. The first kappa shape index (κ1) is 17.6. The van der Waals surface area contributed by atoms with Crippen molar-refractivity contribution in [3.8, 4) is 0 Å². The molecule has 1 heterocycles. The maximum atomic E-state index is 11.9. The Labute approximate surface area is 146 Å². The number of hydrogen-bond donors (Lipinski definition) is 3. The Morgan fingerprint density at radius 3 is 2.61 bits per heavy atom. The summed E-state index contributed by atoms with van der Waals surface area (Å²) in [4.78, 5) is 27.9. The molecule has 0 bridgehead atoms. The Bertz CT molecular complexity index is 690. The van der Waals surface area contributed by atoms with Crippen LogP contribution < -0.4 is 16.4 Å². The van der Waals surface area contributed by atoms with Crippen molar-refractivity contribution in [2.24, 2.45) is 5.73 Å². The lowest BCUT2D eigenvalue weighted by Gasteiger charge is -2.06. The van der Waals surface area contributed by atoms with Gasteiger partial charge in [-0.15, -0.1) is 11.3 Å². The highest BCUT2D eigenvalue weighted by molar-refractivity contribution is 9.10. The summed E-state index contributed by atoms with van der Waals surface area (Å²) in [6.45, 7) is 1.28. The van der Waals surface area contributed by atoms with Crippen LogP contribution in [-0.4, -0.2) is 29.9 Å². The standard InChI is InChI=1S/C15H17BrN4O2S/c16-11-4-1-3-10(7-11)14(21)18-5-2-6-19-15(22)12-9-23-13(8-17)20-12/h1,3-4,7,9H,2,5-6,8,17H2,(H,18,21)(H,19,22). The highest BCUT2D eigenvalue weighted by Crippen LogP contribution is 2.11. The van der Waals surface area contributed by atoms with Crippen molar-refractivity contribution in [1.29, 1.82) is 0 Å². The van der Waals surface area contributed by atoms with Gasteiger partial charge >= 0.3 is 0 Å². The van der Waals surface area contributed by atoms with Crippen molar-refractivity contribution in [1.82, 2.24) is 15.6 Å². The normalized spacial score (nSPS) is 10.3. The Hall–Kier alpha value is -1.77. The first-order chi connectivity index (χ1) is 11.1. The molecule has 2 amide bonds. The molecule has 0 fully saturated rings. The number of carbonyl (C=O) groups is 2. The quantitative estimate of drug-likeness (QED) is 0.622. The number of carbonyl (C=O) groups excluding carboxylic acids is 2. The number of hydrogen-bond acceptors (Lipinski definition) is 5. The van der Waals surface area contributed by atoms with E-state index in [-0.39, 0.29) is 11.8 Å². The number of thiazole rings is 1. The molecule has 1 aromatic carbocycles. The van der Waals surface area contributed by atoms with E-state index < -0.39 is 0 Å². The molecule has 2 rings (SSSR count). The summed E-state index contributed by atoms with van der Waals surface area (Å²) in [5, 5.41) is 8.00. The van der Waals surface area contributed by atoms with Gasteiger partial charge < -0.3 is 16.4 Å². The summed E-state index contributed by atoms with van der Waals surface area (Å²) in [7, 11) is 0. The molecule has 8 heteroatoms. The number of aromatic nitrogens is 1. The third kappa shape index (κ3) is 5.42. The highest BCUT2D eigenvalue weighted by atomic mass is 79.9. The number of amides is 2. The molecular formula is C15H17BrN4O2S. The van der Waals surface area contributed by atoms with Crippen molar-refractivity contribution in [3.05, 3.63) is 50.4 Å². The van der Waals surface area contributed by atoms with Gasteiger partial charge in [-0.3, -0.25) is 9.59 Å². The van der Waals surface area contributed by atoms with Gasteiger partial charge in [-0.05, 0) is 24.6 Å². The van der Waals surface area contributed by atoms with E-state index in [9.17, 15) is 9.59 Å². The largest absolute Gasteiger partial charge is 0.352 e. The fourth-order valence-corrected chi connectivity index (χ4v) is 2.88. The van der Waals surface area contributed by atoms with Crippen LogP contribution in [0.4, 0.5) is 0 Å². The number of nitrogens with two attached hydrogens (primary N) is 1. The van der Waals surface area contributed by atoms with Crippen LogP contribution >= 0.6 is 27.3 Å². The minimum absolute atomic E-state index is 0.135. The van der Waals surface area contributed by atoms with Crippen LogP contribution in [0.3, 0.4) is 0 Å². The zero-order valence-corrected chi connectivity index (χ0v) is 14.7. The maximum absolute atomic E-state index is 11.9. The molecule has 0 aliphatic rings. The molecule has 2 aromatic rings. The average Bonchev–Trinajstić information content (AvgIpc) is 3.03. The number of rotatable bonds is 7. The van der Waals surface area contributed by atoms with Crippen LogP contribution in [0.25, 0.3) is 0 Å². The van der Waals surface area contributed by atoms with Crippen molar-refractivity contribution in [3.63, 3.8) is 0 Å². The topological polar surface area (TPSA) is 97.1 Å². The SMILES string of the molecule is NCc1nc(C(=O)NCCCNC(=O)c2cccc(Br)c2)cs1.